The first-order chi connectivity index (χ1) is 8.99. The molecule has 1 aromatic rings. The number of ether oxygens (including phenoxy) is 1. The van der Waals surface area contributed by atoms with Gasteiger partial charge in [0.05, 0.1) is 18.4 Å². The van der Waals surface area contributed by atoms with Crippen molar-refractivity contribution in [1.82, 2.24) is 5.32 Å². The summed E-state index contributed by atoms with van der Waals surface area (Å²) in [5.41, 5.74) is 0.230. The average Bonchev–Trinajstić information content (AvgIpc) is 2.40. The molecule has 0 heterocycles. The van der Waals surface area contributed by atoms with Gasteiger partial charge < -0.3 is 15.4 Å². The van der Waals surface area contributed by atoms with E-state index in [1.807, 2.05) is 0 Å². The van der Waals surface area contributed by atoms with Gasteiger partial charge >= 0.3 is 5.97 Å². The monoisotopic (exact) mass is 268 g/mol. The molecule has 2 N–H and O–H groups in total. The van der Waals surface area contributed by atoms with E-state index in [1.54, 1.807) is 14.0 Å². The van der Waals surface area contributed by atoms with Crippen molar-refractivity contribution in [3.63, 3.8) is 0 Å². The topological polar surface area (TPSA) is 67.4 Å². The number of rotatable bonds is 5. The summed E-state index contributed by atoms with van der Waals surface area (Å²) in [6.45, 7) is 2.24. The molecule has 0 saturated heterocycles. The molecule has 0 aromatic heterocycles. The maximum Gasteiger partial charge on any atom is 0.340 e. The van der Waals surface area contributed by atoms with Gasteiger partial charge in [0, 0.05) is 12.5 Å². The van der Waals surface area contributed by atoms with Gasteiger partial charge in [0.1, 0.15) is 5.82 Å². The molecule has 0 bridgehead atoms. The fourth-order valence-corrected chi connectivity index (χ4v) is 1.56. The summed E-state index contributed by atoms with van der Waals surface area (Å²) in [6.07, 6.45) is 0. The number of nitrogens with one attached hydrogen (secondary N) is 2. The zero-order chi connectivity index (χ0) is 14.4. The van der Waals surface area contributed by atoms with Gasteiger partial charge in [-0.25, -0.2) is 9.18 Å². The SMILES string of the molecule is CNCC(C)C(=O)Nc1ccc(F)cc1C(=O)OC. The standard InChI is InChI=1S/C13H17FN2O3/c1-8(7-15-2)12(17)16-11-5-4-9(14)6-10(11)13(18)19-3/h4-6,8,15H,7H2,1-3H3,(H,16,17). The Bertz CT molecular complexity index is 477. The average molecular weight is 268 g/mol. The fraction of sp³-hybridized carbons (Fsp3) is 0.385. The molecule has 1 amide bonds. The zero-order valence-electron chi connectivity index (χ0n) is 11.1. The molecule has 0 fully saturated rings. The summed E-state index contributed by atoms with van der Waals surface area (Å²) in [5.74, 6) is -1.80. The first-order valence-corrected chi connectivity index (χ1v) is 5.83. The Morgan fingerprint density at radius 1 is 1.42 bits per heavy atom. The lowest BCUT2D eigenvalue weighted by atomic mass is 10.1. The van der Waals surface area contributed by atoms with Gasteiger partial charge in [-0.2, -0.15) is 0 Å². The molecule has 0 aliphatic heterocycles. The van der Waals surface area contributed by atoms with Crippen LogP contribution in [0.25, 0.3) is 0 Å². The first kappa shape index (κ1) is 15.1. The molecule has 5 nitrogen and oxygen atoms in total. The predicted octanol–water partition coefficient (Wildman–Crippen LogP) is 1.41. The van der Waals surface area contributed by atoms with Crippen LogP contribution < -0.4 is 10.6 Å². The van der Waals surface area contributed by atoms with Crippen molar-refractivity contribution in [1.29, 1.82) is 0 Å². The Balaban J connectivity index is 2.94. The lowest BCUT2D eigenvalue weighted by molar-refractivity contribution is -0.119. The van der Waals surface area contributed by atoms with Gasteiger partial charge in [-0.15, -0.1) is 0 Å². The summed E-state index contributed by atoms with van der Waals surface area (Å²) >= 11 is 0. The minimum absolute atomic E-state index is 0.00694. The number of amides is 1. The van der Waals surface area contributed by atoms with E-state index in [2.05, 4.69) is 15.4 Å². The summed E-state index contributed by atoms with van der Waals surface area (Å²) < 4.78 is 17.7. The van der Waals surface area contributed by atoms with Crippen LogP contribution in [0.5, 0.6) is 0 Å². The third-order valence-electron chi connectivity index (χ3n) is 2.60. The highest BCUT2D eigenvalue weighted by molar-refractivity contribution is 6.01. The maximum absolute atomic E-state index is 13.1. The second-order valence-corrected chi connectivity index (χ2v) is 4.13. The summed E-state index contributed by atoms with van der Waals surface area (Å²) in [6, 6.07) is 3.54. The van der Waals surface area contributed by atoms with Crippen LogP contribution in [0.2, 0.25) is 0 Å². The molecule has 19 heavy (non-hydrogen) atoms. The Hall–Kier alpha value is -1.95. The van der Waals surface area contributed by atoms with Crippen molar-refractivity contribution < 1.29 is 18.7 Å². The quantitative estimate of drug-likeness (QED) is 0.792. The largest absolute Gasteiger partial charge is 0.465 e. The lowest BCUT2D eigenvalue weighted by Gasteiger charge is -2.13. The number of halogens is 1. The molecule has 104 valence electrons. The molecular formula is C13H17FN2O3. The number of esters is 1. The molecule has 1 unspecified atom stereocenters. The Kier molecular flexibility index (Phi) is 5.44. The van der Waals surface area contributed by atoms with Gasteiger partial charge in [0.15, 0.2) is 0 Å². The number of carbonyl (C=O) groups is 2. The van der Waals surface area contributed by atoms with Gasteiger partial charge in [0.25, 0.3) is 0 Å². The normalized spacial score (nSPS) is 11.8. The van der Waals surface area contributed by atoms with Crippen LogP contribution in [0.15, 0.2) is 18.2 Å². The molecule has 1 atom stereocenters. The summed E-state index contributed by atoms with van der Waals surface area (Å²) in [4.78, 5) is 23.4. The first-order valence-electron chi connectivity index (χ1n) is 5.83. The molecule has 0 aliphatic carbocycles. The molecule has 0 saturated carbocycles. The van der Waals surface area contributed by atoms with E-state index in [4.69, 9.17) is 0 Å². The highest BCUT2D eigenvalue weighted by Gasteiger charge is 2.17. The molecular weight excluding hydrogens is 251 g/mol. The second-order valence-electron chi connectivity index (χ2n) is 4.13. The smallest absolute Gasteiger partial charge is 0.340 e. The minimum Gasteiger partial charge on any atom is -0.465 e. The molecule has 1 rings (SSSR count). The number of hydrogen-bond donors (Lipinski definition) is 2. The Morgan fingerprint density at radius 2 is 2.11 bits per heavy atom. The zero-order valence-corrected chi connectivity index (χ0v) is 11.1. The summed E-state index contributed by atoms with van der Waals surface area (Å²) in [5, 5.41) is 5.47. The molecule has 1 aromatic carbocycles. The van der Waals surface area contributed by atoms with Crippen LogP contribution in [0.1, 0.15) is 17.3 Å². The van der Waals surface area contributed by atoms with Crippen LogP contribution >= 0.6 is 0 Å². The third kappa shape index (κ3) is 4.03. The van der Waals surface area contributed by atoms with E-state index >= 15 is 0 Å². The van der Waals surface area contributed by atoms with Crippen LogP contribution in [0, 0.1) is 11.7 Å². The van der Waals surface area contributed by atoms with Crippen molar-refractivity contribution >= 4 is 17.6 Å². The highest BCUT2D eigenvalue weighted by atomic mass is 19.1. The van der Waals surface area contributed by atoms with E-state index < -0.39 is 11.8 Å². The second kappa shape index (κ2) is 6.84. The van der Waals surface area contributed by atoms with E-state index in [9.17, 15) is 14.0 Å². The van der Waals surface area contributed by atoms with Gasteiger partial charge in [-0.3, -0.25) is 4.79 Å². The fourth-order valence-electron chi connectivity index (χ4n) is 1.56. The summed E-state index contributed by atoms with van der Waals surface area (Å²) in [7, 11) is 2.93. The van der Waals surface area contributed by atoms with Crippen molar-refractivity contribution in [3.05, 3.63) is 29.6 Å². The van der Waals surface area contributed by atoms with Crippen LogP contribution in [0.3, 0.4) is 0 Å². The van der Waals surface area contributed by atoms with Crippen molar-refractivity contribution in [2.75, 3.05) is 26.0 Å². The molecule has 0 aliphatic rings. The van der Waals surface area contributed by atoms with E-state index in [-0.39, 0.29) is 23.1 Å². The maximum atomic E-state index is 13.1. The number of hydrogen-bond acceptors (Lipinski definition) is 4. The van der Waals surface area contributed by atoms with Gasteiger partial charge in [0.2, 0.25) is 5.91 Å². The van der Waals surface area contributed by atoms with Gasteiger partial charge in [-0.05, 0) is 25.2 Å². The van der Waals surface area contributed by atoms with Crippen LogP contribution in [-0.4, -0.2) is 32.6 Å². The van der Waals surface area contributed by atoms with Crippen LogP contribution in [0.4, 0.5) is 10.1 Å². The highest BCUT2D eigenvalue weighted by Crippen LogP contribution is 2.18. The Morgan fingerprint density at radius 3 is 2.68 bits per heavy atom. The van der Waals surface area contributed by atoms with Crippen molar-refractivity contribution in [2.45, 2.75) is 6.92 Å². The van der Waals surface area contributed by atoms with E-state index in [0.29, 0.717) is 6.54 Å². The lowest BCUT2D eigenvalue weighted by Crippen LogP contribution is -2.29. The molecule has 0 spiro atoms. The van der Waals surface area contributed by atoms with Crippen molar-refractivity contribution in [3.8, 4) is 0 Å². The number of carbonyl (C=O) groups excluding carboxylic acids is 2. The predicted molar refractivity (Wildman–Crippen MR) is 69.5 cm³/mol. The van der Waals surface area contributed by atoms with Gasteiger partial charge in [-0.1, -0.05) is 6.92 Å². The number of benzene rings is 1. The van der Waals surface area contributed by atoms with E-state index in [1.165, 1.54) is 19.2 Å². The van der Waals surface area contributed by atoms with E-state index in [0.717, 1.165) is 6.07 Å². The van der Waals surface area contributed by atoms with Crippen LogP contribution in [-0.2, 0) is 9.53 Å². The third-order valence-corrected chi connectivity index (χ3v) is 2.60. The molecule has 0 radical (unpaired) electrons. The molecule has 6 heteroatoms. The van der Waals surface area contributed by atoms with Crippen molar-refractivity contribution in [2.24, 2.45) is 5.92 Å². The Labute approximate surface area is 111 Å². The number of methoxy groups -OCH3 is 1. The minimum atomic E-state index is -0.698. The number of anilines is 1.